The molecule has 6 aromatic rings. The molecule has 6 aromatic carbocycles. The standard InChI is InChI=1S/C30H28Cl2N4O2.C28H26Cl2N4O.C2H3ClO/c1-20(37)35-11-8-30(9-12-35)28-6-5-23(22-4-2-3-21(13-22)18-33)14-24(28)7-10-36(30)19-29(38)34-27-16-25(31)15-26(32)17-27;29-23-14-24(30)16-25(15-23)33-27(35)18-34-11-6-22-13-21(20-3-1-2-19(12-20)17-31)4-5-26(22)28(34)7-9-32-10-8-28;1-2(3)4/h2-6,13-17H,7-12,19H2,1H3,(H,34,38);1-5,12-16,32H,6-11,18H2,(H,33,35);1H3. The largest absolute Gasteiger partial charge is 0.343 e. The zero-order valence-electron chi connectivity index (χ0n) is 42.7. The number of halogens is 5. The third-order valence-electron chi connectivity index (χ3n) is 14.8. The molecular weight excluding hydrogens is 1070 g/mol. The zero-order chi connectivity index (χ0) is 54.9. The number of amides is 3. The van der Waals surface area contributed by atoms with Crippen LogP contribution in [0, 0.1) is 22.7 Å². The summed E-state index contributed by atoms with van der Waals surface area (Å²) in [5.74, 6) is -0.134. The fourth-order valence-electron chi connectivity index (χ4n) is 11.3. The van der Waals surface area contributed by atoms with E-state index in [9.17, 15) is 29.7 Å². The molecule has 3 amide bonds. The van der Waals surface area contributed by atoms with E-state index in [1.165, 1.54) is 29.2 Å². The second-order valence-corrected chi connectivity index (χ2v) is 22.0. The summed E-state index contributed by atoms with van der Waals surface area (Å²) in [5, 5.41) is 29.5. The Bertz CT molecular complexity index is 3240. The maximum Gasteiger partial charge on any atom is 0.238 e. The number of fused-ring (bicyclic) bond motifs is 4. The highest BCUT2D eigenvalue weighted by Gasteiger charge is 2.46. The van der Waals surface area contributed by atoms with Crippen LogP contribution in [0.1, 0.15) is 72.9 Å². The molecule has 0 atom stereocenters. The van der Waals surface area contributed by atoms with Crippen LogP contribution >= 0.6 is 58.0 Å². The molecule has 2 fully saturated rings. The van der Waals surface area contributed by atoms with Gasteiger partial charge in [-0.05, 0) is 168 Å². The van der Waals surface area contributed by atoms with Gasteiger partial charge in [-0.1, -0.05) is 107 Å². The summed E-state index contributed by atoms with van der Waals surface area (Å²) in [7, 11) is 0. The molecular formula is C60H57Cl5N8O4. The minimum Gasteiger partial charge on any atom is -0.343 e. The van der Waals surface area contributed by atoms with Gasteiger partial charge in [0.1, 0.15) is 0 Å². The number of benzene rings is 6. The Labute approximate surface area is 474 Å². The first kappa shape index (κ1) is 56.9. The lowest BCUT2D eigenvalue weighted by atomic mass is 9.73. The molecule has 0 saturated carbocycles. The summed E-state index contributed by atoms with van der Waals surface area (Å²) in [4.78, 5) is 54.0. The molecule has 4 aliphatic rings. The van der Waals surface area contributed by atoms with Crippen molar-refractivity contribution >= 4 is 92.3 Å². The minimum atomic E-state index is -0.361. The number of likely N-dealkylation sites (tertiary alicyclic amines) is 1. The van der Waals surface area contributed by atoms with Gasteiger partial charge in [0.25, 0.3) is 0 Å². The Balaban J connectivity index is 0.000000191. The molecule has 0 radical (unpaired) electrons. The van der Waals surface area contributed by atoms with Crippen molar-refractivity contribution < 1.29 is 19.2 Å². The van der Waals surface area contributed by atoms with Gasteiger partial charge in [-0.25, -0.2) is 0 Å². The number of nitrogens with zero attached hydrogens (tertiary/aromatic N) is 5. The predicted molar refractivity (Wildman–Crippen MR) is 307 cm³/mol. The lowest BCUT2D eigenvalue weighted by molar-refractivity contribution is -0.133. The van der Waals surface area contributed by atoms with E-state index < -0.39 is 0 Å². The molecule has 0 bridgehead atoms. The van der Waals surface area contributed by atoms with Crippen molar-refractivity contribution in [2.45, 2.75) is 63.5 Å². The molecule has 17 heteroatoms. The fourth-order valence-corrected chi connectivity index (χ4v) is 12.4. The zero-order valence-corrected chi connectivity index (χ0v) is 46.5. The average molecular weight is 1130 g/mol. The highest BCUT2D eigenvalue weighted by Crippen LogP contribution is 2.46. The lowest BCUT2D eigenvalue weighted by Gasteiger charge is -2.52. The molecule has 0 aliphatic carbocycles. The monoisotopic (exact) mass is 1130 g/mol. The van der Waals surface area contributed by atoms with Crippen molar-refractivity contribution in [1.29, 1.82) is 10.5 Å². The number of hydrogen-bond acceptors (Lipinski definition) is 9. The maximum atomic E-state index is 13.2. The summed E-state index contributed by atoms with van der Waals surface area (Å²) >= 11 is 29.1. The van der Waals surface area contributed by atoms with Crippen molar-refractivity contribution in [2.75, 3.05) is 63.0 Å². The Hall–Kier alpha value is -6.29. The number of nitriles is 2. The molecule has 10 rings (SSSR count). The van der Waals surface area contributed by atoms with Crippen LogP contribution in [0.2, 0.25) is 20.1 Å². The van der Waals surface area contributed by atoms with Gasteiger partial charge in [0.2, 0.25) is 23.0 Å². The first-order valence-electron chi connectivity index (χ1n) is 25.4. The smallest absolute Gasteiger partial charge is 0.238 e. The van der Waals surface area contributed by atoms with E-state index in [4.69, 9.17) is 46.4 Å². The van der Waals surface area contributed by atoms with E-state index in [1.54, 1.807) is 49.4 Å². The number of carbonyl (C=O) groups excluding carboxylic acids is 4. The number of nitrogens with one attached hydrogen (secondary N) is 3. The Morgan fingerprint density at radius 2 is 0.935 bits per heavy atom. The summed E-state index contributed by atoms with van der Waals surface area (Å²) < 4.78 is 0. The Morgan fingerprint density at radius 1 is 0.545 bits per heavy atom. The minimum absolute atomic E-state index is 0.0744. The van der Waals surface area contributed by atoms with Crippen LogP contribution in [0.15, 0.2) is 121 Å². The second kappa shape index (κ2) is 25.5. The number of rotatable bonds is 8. The number of carbonyl (C=O) groups is 4. The normalized spacial score (nSPS) is 16.2. The van der Waals surface area contributed by atoms with Gasteiger partial charge in [0, 0.05) is 77.0 Å². The van der Waals surface area contributed by atoms with Crippen molar-refractivity contribution in [1.82, 2.24) is 20.0 Å². The van der Waals surface area contributed by atoms with Crippen LogP contribution in [0.5, 0.6) is 0 Å². The van der Waals surface area contributed by atoms with Crippen molar-refractivity contribution in [2.24, 2.45) is 0 Å². The van der Waals surface area contributed by atoms with Gasteiger partial charge in [0.15, 0.2) is 0 Å². The van der Waals surface area contributed by atoms with Gasteiger partial charge in [-0.3, -0.25) is 29.0 Å². The van der Waals surface area contributed by atoms with E-state index in [0.717, 1.165) is 87.0 Å². The highest BCUT2D eigenvalue weighted by molar-refractivity contribution is 6.62. The molecule has 2 saturated heterocycles. The first-order valence-corrected chi connectivity index (χ1v) is 27.3. The Kier molecular flexibility index (Phi) is 18.8. The van der Waals surface area contributed by atoms with Crippen LogP contribution in [0.3, 0.4) is 0 Å². The third kappa shape index (κ3) is 13.9. The summed E-state index contributed by atoms with van der Waals surface area (Å²) in [6.45, 7) is 8.05. The number of anilines is 2. The van der Waals surface area contributed by atoms with Crippen LogP contribution in [-0.2, 0) is 43.1 Å². The molecule has 4 aliphatic heterocycles. The predicted octanol–water partition coefficient (Wildman–Crippen LogP) is 12.2. The van der Waals surface area contributed by atoms with Crippen LogP contribution in [0.4, 0.5) is 11.4 Å². The lowest BCUT2D eigenvalue weighted by Crippen LogP contribution is -2.58. The topological polar surface area (TPSA) is 162 Å². The molecule has 2 spiro atoms. The molecule has 12 nitrogen and oxygen atoms in total. The number of piperidine rings is 2. The Morgan fingerprint density at radius 3 is 1.32 bits per heavy atom. The molecule has 3 N–H and O–H groups in total. The molecule has 0 unspecified atom stereocenters. The van der Waals surface area contributed by atoms with Gasteiger partial charge >= 0.3 is 0 Å². The van der Waals surface area contributed by atoms with Gasteiger partial charge in [0.05, 0.1) is 41.9 Å². The van der Waals surface area contributed by atoms with Gasteiger partial charge in [-0.15, -0.1) is 0 Å². The molecule has 0 aromatic heterocycles. The van der Waals surface area contributed by atoms with Crippen LogP contribution in [0.25, 0.3) is 22.3 Å². The molecule has 396 valence electrons. The maximum absolute atomic E-state index is 13.2. The van der Waals surface area contributed by atoms with E-state index in [-0.39, 0.29) is 40.6 Å². The van der Waals surface area contributed by atoms with E-state index in [0.29, 0.717) is 62.2 Å². The highest BCUT2D eigenvalue weighted by atomic mass is 35.5. The first-order chi connectivity index (χ1) is 37.0. The van der Waals surface area contributed by atoms with E-state index >= 15 is 0 Å². The van der Waals surface area contributed by atoms with Crippen molar-refractivity contribution in [3.05, 3.63) is 175 Å². The van der Waals surface area contributed by atoms with E-state index in [2.05, 4.69) is 85.9 Å². The summed E-state index contributed by atoms with van der Waals surface area (Å²) in [5.41, 5.74) is 11.3. The van der Waals surface area contributed by atoms with Gasteiger partial charge in [-0.2, -0.15) is 10.5 Å². The van der Waals surface area contributed by atoms with E-state index in [1.807, 2.05) is 47.4 Å². The second-order valence-electron chi connectivity index (χ2n) is 19.7. The fraction of sp³-hybridized carbons (Fsp3) is 0.300. The summed E-state index contributed by atoms with van der Waals surface area (Å²) in [6.07, 6.45) is 5.05. The molecule has 77 heavy (non-hydrogen) atoms. The van der Waals surface area contributed by atoms with Crippen LogP contribution < -0.4 is 16.0 Å². The number of hydrogen-bond donors (Lipinski definition) is 3. The SMILES string of the molecule is CC(=O)Cl.CC(=O)N1CCC2(CC1)c1ccc(-c3cccc(C#N)c3)cc1CCN2CC(=O)Nc1cc(Cl)cc(Cl)c1.N#Cc1cccc(-c2ccc3c(c2)CCN(CC(=O)Nc2cc(Cl)cc(Cl)c2)C32CCNCC2)c1. The molecule has 4 heterocycles. The van der Waals surface area contributed by atoms with Crippen molar-refractivity contribution in [3.63, 3.8) is 0 Å². The van der Waals surface area contributed by atoms with Crippen molar-refractivity contribution in [3.8, 4) is 34.4 Å². The summed E-state index contributed by atoms with van der Waals surface area (Å²) in [6, 6.07) is 43.0. The quantitative estimate of drug-likeness (QED) is 0.126. The van der Waals surface area contributed by atoms with Crippen LogP contribution in [-0.4, -0.2) is 90.0 Å². The average Bonchev–Trinajstić information content (AvgIpc) is 3.45. The van der Waals surface area contributed by atoms with Gasteiger partial charge < -0.3 is 20.9 Å². The third-order valence-corrected chi connectivity index (χ3v) is 15.7.